The Kier molecular flexibility index (Phi) is 5.23. The summed E-state index contributed by atoms with van der Waals surface area (Å²) >= 11 is 3.22. The van der Waals surface area contributed by atoms with Crippen LogP contribution in [0.15, 0.2) is 46.9 Å². The molecule has 1 heterocycles. The first-order chi connectivity index (χ1) is 12.0. The van der Waals surface area contributed by atoms with Gasteiger partial charge in [0.15, 0.2) is 6.61 Å². The lowest BCUT2D eigenvalue weighted by atomic mass is 10.0. The Balaban J connectivity index is 1.59. The highest BCUT2D eigenvalue weighted by molar-refractivity contribution is 9.10. The Morgan fingerprint density at radius 2 is 2.08 bits per heavy atom. The molecule has 2 N–H and O–H groups in total. The van der Waals surface area contributed by atoms with E-state index in [1.54, 1.807) is 6.07 Å². The molecule has 0 radical (unpaired) electrons. The molecule has 0 saturated heterocycles. The van der Waals surface area contributed by atoms with Crippen molar-refractivity contribution in [2.45, 2.75) is 12.5 Å². The molecule has 0 spiro atoms. The van der Waals surface area contributed by atoms with Crippen LogP contribution in [0.25, 0.3) is 0 Å². The Morgan fingerprint density at radius 3 is 2.92 bits per heavy atom. The van der Waals surface area contributed by atoms with Gasteiger partial charge in [-0.05, 0) is 24.3 Å². The van der Waals surface area contributed by atoms with Crippen molar-refractivity contribution >= 4 is 27.8 Å². The lowest BCUT2D eigenvalue weighted by Gasteiger charge is -2.26. The molecular weight excluding hydrogens is 390 g/mol. The van der Waals surface area contributed by atoms with Gasteiger partial charge >= 0.3 is 5.97 Å². The maximum Gasteiger partial charge on any atom is 0.342 e. The first-order valence-electron chi connectivity index (χ1n) is 7.71. The standard InChI is InChI=1S/C18H16BrNO5/c19-11-5-6-15(21)13(9-11)18(23)25-10-17(22)20-14-7-8-24-16-4-2-1-3-12(14)16/h1-6,9,14,21H,7-8,10H2,(H,20,22). The molecule has 0 fully saturated rings. The number of aromatic hydroxyl groups is 1. The molecule has 130 valence electrons. The lowest BCUT2D eigenvalue weighted by molar-refractivity contribution is -0.125. The Morgan fingerprint density at radius 1 is 1.28 bits per heavy atom. The average molecular weight is 406 g/mol. The van der Waals surface area contributed by atoms with E-state index in [0.717, 1.165) is 11.3 Å². The van der Waals surface area contributed by atoms with E-state index in [4.69, 9.17) is 9.47 Å². The summed E-state index contributed by atoms with van der Waals surface area (Å²) in [5, 5.41) is 12.5. The van der Waals surface area contributed by atoms with Crippen LogP contribution in [0.1, 0.15) is 28.4 Å². The van der Waals surface area contributed by atoms with Crippen LogP contribution in [0, 0.1) is 0 Å². The summed E-state index contributed by atoms with van der Waals surface area (Å²) in [5.74, 6) is -0.632. The van der Waals surface area contributed by atoms with Crippen molar-refractivity contribution in [1.29, 1.82) is 0 Å². The Bertz CT molecular complexity index is 808. The van der Waals surface area contributed by atoms with Crippen LogP contribution in [0.2, 0.25) is 0 Å². The molecule has 0 saturated carbocycles. The molecule has 3 rings (SSSR count). The van der Waals surface area contributed by atoms with Crippen LogP contribution in [0.3, 0.4) is 0 Å². The number of rotatable bonds is 4. The third-order valence-corrected chi connectivity index (χ3v) is 4.30. The van der Waals surface area contributed by atoms with Gasteiger partial charge in [0.25, 0.3) is 5.91 Å². The molecule has 2 aromatic rings. The number of esters is 1. The molecule has 1 atom stereocenters. The molecule has 2 aromatic carbocycles. The number of fused-ring (bicyclic) bond motifs is 1. The van der Waals surface area contributed by atoms with Gasteiger partial charge in [-0.1, -0.05) is 34.1 Å². The number of hydrogen-bond donors (Lipinski definition) is 2. The molecule has 25 heavy (non-hydrogen) atoms. The minimum Gasteiger partial charge on any atom is -0.507 e. The highest BCUT2D eigenvalue weighted by atomic mass is 79.9. The number of halogens is 1. The fraction of sp³-hybridized carbons (Fsp3) is 0.222. The van der Waals surface area contributed by atoms with Gasteiger partial charge in [0, 0.05) is 16.5 Å². The van der Waals surface area contributed by atoms with Gasteiger partial charge in [-0.15, -0.1) is 0 Å². The zero-order valence-electron chi connectivity index (χ0n) is 13.2. The molecule has 7 heteroatoms. The van der Waals surface area contributed by atoms with Crippen molar-refractivity contribution in [2.24, 2.45) is 0 Å². The van der Waals surface area contributed by atoms with Crippen LogP contribution < -0.4 is 10.1 Å². The van der Waals surface area contributed by atoms with E-state index in [9.17, 15) is 14.7 Å². The predicted molar refractivity (Wildman–Crippen MR) is 93.5 cm³/mol. The van der Waals surface area contributed by atoms with Crippen LogP contribution in [-0.2, 0) is 9.53 Å². The second-order valence-corrected chi connectivity index (χ2v) is 6.45. The summed E-state index contributed by atoms with van der Waals surface area (Å²) in [7, 11) is 0. The molecule has 1 aliphatic heterocycles. The van der Waals surface area contributed by atoms with E-state index in [1.165, 1.54) is 12.1 Å². The van der Waals surface area contributed by atoms with Crippen molar-refractivity contribution in [1.82, 2.24) is 5.32 Å². The van der Waals surface area contributed by atoms with E-state index in [0.29, 0.717) is 17.5 Å². The number of nitrogens with one attached hydrogen (secondary N) is 1. The summed E-state index contributed by atoms with van der Waals surface area (Å²) in [4.78, 5) is 24.1. The first-order valence-corrected chi connectivity index (χ1v) is 8.50. The zero-order valence-corrected chi connectivity index (χ0v) is 14.8. The van der Waals surface area contributed by atoms with Gasteiger partial charge < -0.3 is 19.9 Å². The lowest BCUT2D eigenvalue weighted by Crippen LogP contribution is -2.35. The Labute approximate surface area is 152 Å². The normalized spacial score (nSPS) is 15.6. The number of carbonyl (C=O) groups excluding carboxylic acids is 2. The summed E-state index contributed by atoms with van der Waals surface area (Å²) < 4.78 is 11.2. The fourth-order valence-electron chi connectivity index (χ4n) is 2.61. The van der Waals surface area contributed by atoms with Crippen LogP contribution in [0.5, 0.6) is 11.5 Å². The third kappa shape index (κ3) is 4.11. The number of carbonyl (C=O) groups is 2. The molecule has 1 aliphatic rings. The van der Waals surface area contributed by atoms with Crippen LogP contribution in [0.4, 0.5) is 0 Å². The number of para-hydroxylation sites is 1. The van der Waals surface area contributed by atoms with E-state index in [-0.39, 0.29) is 17.4 Å². The monoisotopic (exact) mass is 405 g/mol. The van der Waals surface area contributed by atoms with Crippen LogP contribution in [-0.4, -0.2) is 30.2 Å². The minimum absolute atomic E-state index is 0.00131. The van der Waals surface area contributed by atoms with E-state index < -0.39 is 18.5 Å². The summed E-state index contributed by atoms with van der Waals surface area (Å²) in [6.45, 7) is 0.0813. The van der Waals surface area contributed by atoms with Gasteiger partial charge in [0.2, 0.25) is 0 Å². The van der Waals surface area contributed by atoms with Crippen molar-refractivity contribution in [3.63, 3.8) is 0 Å². The van der Waals surface area contributed by atoms with Gasteiger partial charge in [-0.3, -0.25) is 4.79 Å². The number of hydrogen-bond acceptors (Lipinski definition) is 5. The van der Waals surface area contributed by atoms with E-state index in [2.05, 4.69) is 21.2 Å². The average Bonchev–Trinajstić information content (AvgIpc) is 2.62. The maximum atomic E-state index is 12.1. The van der Waals surface area contributed by atoms with Crippen LogP contribution >= 0.6 is 15.9 Å². The third-order valence-electron chi connectivity index (χ3n) is 3.81. The number of phenolic OH excluding ortho intramolecular Hbond substituents is 1. The zero-order chi connectivity index (χ0) is 17.8. The van der Waals surface area contributed by atoms with Gasteiger partial charge in [-0.25, -0.2) is 4.79 Å². The van der Waals surface area contributed by atoms with Gasteiger partial charge in [-0.2, -0.15) is 0 Å². The van der Waals surface area contributed by atoms with Gasteiger partial charge in [0.1, 0.15) is 17.1 Å². The first kappa shape index (κ1) is 17.3. The number of amides is 1. The smallest absolute Gasteiger partial charge is 0.342 e. The van der Waals surface area contributed by atoms with Crippen molar-refractivity contribution in [3.05, 3.63) is 58.1 Å². The van der Waals surface area contributed by atoms with E-state index in [1.807, 2.05) is 24.3 Å². The molecule has 6 nitrogen and oxygen atoms in total. The minimum atomic E-state index is -0.763. The fourth-order valence-corrected chi connectivity index (χ4v) is 2.97. The molecule has 1 amide bonds. The van der Waals surface area contributed by atoms with Crippen molar-refractivity contribution in [2.75, 3.05) is 13.2 Å². The molecular formula is C18H16BrNO5. The number of ether oxygens (including phenoxy) is 2. The number of benzene rings is 2. The molecule has 0 bridgehead atoms. The molecule has 1 unspecified atom stereocenters. The maximum absolute atomic E-state index is 12.1. The SMILES string of the molecule is O=C(COC(=O)c1cc(Br)ccc1O)NC1CCOc2ccccc21. The highest BCUT2D eigenvalue weighted by Crippen LogP contribution is 2.31. The topological polar surface area (TPSA) is 84.9 Å². The summed E-state index contributed by atoms with van der Waals surface area (Å²) in [6, 6.07) is 11.7. The summed E-state index contributed by atoms with van der Waals surface area (Å²) in [5.41, 5.74) is 0.900. The number of phenols is 1. The predicted octanol–water partition coefficient (Wildman–Crippen LogP) is 2.95. The molecule has 0 aliphatic carbocycles. The second-order valence-electron chi connectivity index (χ2n) is 5.53. The van der Waals surface area contributed by atoms with Crippen molar-refractivity contribution < 1.29 is 24.2 Å². The highest BCUT2D eigenvalue weighted by Gasteiger charge is 2.23. The van der Waals surface area contributed by atoms with E-state index >= 15 is 0 Å². The van der Waals surface area contributed by atoms with Crippen molar-refractivity contribution in [3.8, 4) is 11.5 Å². The molecule has 0 aromatic heterocycles. The summed E-state index contributed by atoms with van der Waals surface area (Å²) in [6.07, 6.45) is 0.642. The quantitative estimate of drug-likeness (QED) is 0.763. The largest absolute Gasteiger partial charge is 0.507 e. The Hall–Kier alpha value is -2.54. The second kappa shape index (κ2) is 7.57. The van der Waals surface area contributed by atoms with Gasteiger partial charge in [0.05, 0.1) is 12.6 Å².